The fourth-order valence-electron chi connectivity index (χ4n) is 3.09. The summed E-state index contributed by atoms with van der Waals surface area (Å²) in [6.45, 7) is 4.83. The third-order valence-corrected chi connectivity index (χ3v) is 6.45. The third-order valence-electron chi connectivity index (χ3n) is 4.38. The monoisotopic (exact) mass is 377 g/mol. The first-order valence-corrected chi connectivity index (χ1v) is 9.12. The number of rotatable bonds is 5. The Balaban J connectivity index is 0.00000288. The van der Waals surface area contributed by atoms with E-state index in [4.69, 9.17) is 0 Å². The van der Waals surface area contributed by atoms with Crippen molar-refractivity contribution >= 4 is 28.1 Å². The average Bonchev–Trinajstić information content (AvgIpc) is 2.49. The van der Waals surface area contributed by atoms with Crippen LogP contribution in [0.5, 0.6) is 0 Å². The fourth-order valence-corrected chi connectivity index (χ4v) is 5.00. The van der Waals surface area contributed by atoms with E-state index in [1.807, 2.05) is 7.05 Å². The van der Waals surface area contributed by atoms with Gasteiger partial charge < -0.3 is 5.32 Å². The quantitative estimate of drug-likeness (QED) is 0.627. The molecule has 0 atom stereocenters. The molecule has 0 unspecified atom stereocenters. The second kappa shape index (κ2) is 8.24. The van der Waals surface area contributed by atoms with Crippen LogP contribution in [0.2, 0.25) is 0 Å². The second-order valence-corrected chi connectivity index (χ2v) is 7.91. The molecule has 1 aliphatic heterocycles. The van der Waals surface area contributed by atoms with Crippen LogP contribution in [0.25, 0.3) is 0 Å². The number of aryl methyl sites for hydroxylation is 2. The van der Waals surface area contributed by atoms with Gasteiger partial charge in [0.05, 0.1) is 4.92 Å². The van der Waals surface area contributed by atoms with Gasteiger partial charge in [-0.25, -0.2) is 8.42 Å². The maximum absolute atomic E-state index is 13.0. The van der Waals surface area contributed by atoms with Gasteiger partial charge in [-0.2, -0.15) is 4.31 Å². The topological polar surface area (TPSA) is 92.6 Å². The summed E-state index contributed by atoms with van der Waals surface area (Å²) in [5, 5.41) is 14.5. The molecule has 24 heavy (non-hydrogen) atoms. The largest absolute Gasteiger partial charge is 0.319 e. The lowest BCUT2D eigenvalue weighted by Crippen LogP contribution is -2.40. The summed E-state index contributed by atoms with van der Waals surface area (Å²) < 4.78 is 27.3. The molecule has 0 aromatic heterocycles. The number of hydrogen-bond acceptors (Lipinski definition) is 5. The van der Waals surface area contributed by atoms with Gasteiger partial charge in [0.1, 0.15) is 0 Å². The third kappa shape index (κ3) is 4.05. The zero-order valence-electron chi connectivity index (χ0n) is 14.1. The summed E-state index contributed by atoms with van der Waals surface area (Å²) in [7, 11) is -1.98. The predicted molar refractivity (Wildman–Crippen MR) is 95.2 cm³/mol. The summed E-state index contributed by atoms with van der Waals surface area (Å²) in [5.41, 5.74) is 0.478. The van der Waals surface area contributed by atoms with Crippen LogP contribution in [0, 0.1) is 29.9 Å². The van der Waals surface area contributed by atoms with Gasteiger partial charge in [0.25, 0.3) is 5.69 Å². The van der Waals surface area contributed by atoms with Gasteiger partial charge in [0.2, 0.25) is 10.0 Å². The standard InChI is InChI=1S/C15H23N3O4S.ClH/c1-11-4-5-12(2)15(14(11)18(19)20)23(21,22)17-8-6-13(7-9-17)10-16-3;/h4-5,13,16H,6-10H2,1-3H3;1H. The average molecular weight is 378 g/mol. The van der Waals surface area contributed by atoms with Crippen LogP contribution in [0.1, 0.15) is 24.0 Å². The fraction of sp³-hybridized carbons (Fsp3) is 0.600. The predicted octanol–water partition coefficient (Wildman–Crippen LogP) is 2.25. The number of piperidine rings is 1. The Hall–Kier alpha value is -1.22. The Labute approximate surface area is 149 Å². The van der Waals surface area contributed by atoms with Gasteiger partial charge in [-0.05, 0) is 51.8 Å². The highest BCUT2D eigenvalue weighted by atomic mass is 35.5. The van der Waals surface area contributed by atoms with Crippen molar-refractivity contribution in [1.29, 1.82) is 0 Å². The van der Waals surface area contributed by atoms with Crippen molar-refractivity contribution in [2.24, 2.45) is 5.92 Å². The molecular formula is C15H24ClN3O4S. The van der Waals surface area contributed by atoms with Crippen molar-refractivity contribution in [2.75, 3.05) is 26.7 Å². The number of hydrogen-bond donors (Lipinski definition) is 1. The maximum atomic E-state index is 13.0. The minimum atomic E-state index is -3.86. The zero-order chi connectivity index (χ0) is 17.2. The number of nitro groups is 1. The van der Waals surface area contributed by atoms with E-state index in [0.29, 0.717) is 30.1 Å². The molecule has 1 N–H and O–H groups in total. The van der Waals surface area contributed by atoms with Crippen LogP contribution in [-0.2, 0) is 10.0 Å². The Morgan fingerprint density at radius 3 is 2.29 bits per heavy atom. The molecular weight excluding hydrogens is 354 g/mol. The van der Waals surface area contributed by atoms with E-state index < -0.39 is 14.9 Å². The van der Waals surface area contributed by atoms with E-state index in [2.05, 4.69) is 5.32 Å². The summed E-state index contributed by atoms with van der Waals surface area (Å²) in [4.78, 5) is 10.6. The number of nitrogens with zero attached hydrogens (tertiary/aromatic N) is 2. The molecule has 1 saturated heterocycles. The summed E-state index contributed by atoms with van der Waals surface area (Å²) in [6.07, 6.45) is 1.53. The molecule has 9 heteroatoms. The highest BCUT2D eigenvalue weighted by Gasteiger charge is 2.36. The van der Waals surface area contributed by atoms with E-state index in [-0.39, 0.29) is 23.0 Å². The minimum Gasteiger partial charge on any atom is -0.319 e. The smallest absolute Gasteiger partial charge is 0.292 e. The highest BCUT2D eigenvalue weighted by molar-refractivity contribution is 7.89. The Morgan fingerprint density at radius 1 is 1.25 bits per heavy atom. The van der Waals surface area contributed by atoms with E-state index >= 15 is 0 Å². The van der Waals surface area contributed by atoms with Crippen LogP contribution in [0.3, 0.4) is 0 Å². The van der Waals surface area contributed by atoms with Crippen molar-refractivity contribution in [3.63, 3.8) is 0 Å². The van der Waals surface area contributed by atoms with E-state index in [1.54, 1.807) is 26.0 Å². The Kier molecular flexibility index (Phi) is 7.15. The molecule has 2 rings (SSSR count). The van der Waals surface area contributed by atoms with Crippen LogP contribution in [0.4, 0.5) is 5.69 Å². The normalized spacial score (nSPS) is 16.6. The molecule has 136 valence electrons. The first kappa shape index (κ1) is 20.8. The molecule has 1 aromatic carbocycles. The summed E-state index contributed by atoms with van der Waals surface area (Å²) in [6, 6.07) is 3.22. The Bertz CT molecular complexity index is 701. The van der Waals surface area contributed by atoms with Crippen molar-refractivity contribution in [3.05, 3.63) is 33.4 Å². The molecule has 1 aromatic rings. The van der Waals surface area contributed by atoms with E-state index in [1.165, 1.54) is 4.31 Å². The van der Waals surface area contributed by atoms with Crippen molar-refractivity contribution in [3.8, 4) is 0 Å². The number of halogens is 1. The van der Waals surface area contributed by atoms with Crippen LogP contribution >= 0.6 is 12.4 Å². The first-order chi connectivity index (χ1) is 10.8. The molecule has 0 spiro atoms. The van der Waals surface area contributed by atoms with Crippen LogP contribution in [0.15, 0.2) is 17.0 Å². The molecule has 1 aliphatic rings. The maximum Gasteiger partial charge on any atom is 0.292 e. The lowest BCUT2D eigenvalue weighted by atomic mass is 9.98. The molecule has 0 radical (unpaired) electrons. The van der Waals surface area contributed by atoms with E-state index in [0.717, 1.165) is 19.4 Å². The van der Waals surface area contributed by atoms with Crippen LogP contribution in [-0.4, -0.2) is 44.3 Å². The molecule has 1 heterocycles. The van der Waals surface area contributed by atoms with Crippen molar-refractivity contribution in [2.45, 2.75) is 31.6 Å². The van der Waals surface area contributed by atoms with Gasteiger partial charge in [0.15, 0.2) is 4.90 Å². The van der Waals surface area contributed by atoms with Crippen LogP contribution < -0.4 is 5.32 Å². The molecule has 0 aliphatic carbocycles. The summed E-state index contributed by atoms with van der Waals surface area (Å²) in [5.74, 6) is 0.444. The molecule has 0 amide bonds. The van der Waals surface area contributed by atoms with Gasteiger partial charge in [-0.15, -0.1) is 12.4 Å². The van der Waals surface area contributed by atoms with Gasteiger partial charge >= 0.3 is 0 Å². The highest BCUT2D eigenvalue weighted by Crippen LogP contribution is 2.34. The summed E-state index contributed by atoms with van der Waals surface area (Å²) >= 11 is 0. The molecule has 0 saturated carbocycles. The number of nitro benzene ring substituents is 1. The molecule has 1 fully saturated rings. The number of sulfonamides is 1. The lowest BCUT2D eigenvalue weighted by Gasteiger charge is -2.31. The second-order valence-electron chi connectivity index (χ2n) is 6.04. The van der Waals surface area contributed by atoms with Crippen molar-refractivity contribution in [1.82, 2.24) is 9.62 Å². The molecule has 0 bridgehead atoms. The Morgan fingerprint density at radius 2 is 1.79 bits per heavy atom. The number of benzene rings is 1. The SMILES string of the molecule is CNCC1CCN(S(=O)(=O)c2c(C)ccc(C)c2[N+](=O)[O-])CC1.Cl. The van der Waals surface area contributed by atoms with Gasteiger partial charge in [0, 0.05) is 18.7 Å². The van der Waals surface area contributed by atoms with E-state index in [9.17, 15) is 18.5 Å². The minimum absolute atomic E-state index is 0. The van der Waals surface area contributed by atoms with Gasteiger partial charge in [-0.3, -0.25) is 10.1 Å². The van der Waals surface area contributed by atoms with Crippen molar-refractivity contribution < 1.29 is 13.3 Å². The number of nitrogens with one attached hydrogen (secondary N) is 1. The zero-order valence-corrected chi connectivity index (χ0v) is 15.7. The molecule has 7 nitrogen and oxygen atoms in total. The lowest BCUT2D eigenvalue weighted by molar-refractivity contribution is -0.388. The first-order valence-electron chi connectivity index (χ1n) is 7.68. The van der Waals surface area contributed by atoms with Gasteiger partial charge in [-0.1, -0.05) is 12.1 Å².